The molecule has 68 valence electrons. The van der Waals surface area contributed by atoms with E-state index in [4.69, 9.17) is 5.11 Å². The van der Waals surface area contributed by atoms with Crippen LogP contribution in [0.3, 0.4) is 0 Å². The van der Waals surface area contributed by atoms with Crippen molar-refractivity contribution in [2.45, 2.75) is 6.92 Å². The quantitative estimate of drug-likeness (QED) is 0.811. The number of rotatable bonds is 2. The molecule has 0 bridgehead atoms. The molecular formula is C9H7BrO3. The monoisotopic (exact) mass is 242 g/mol. The number of Topliss-reactive ketones (excluding diaryl/α,β-unsaturated/α-hetero) is 1. The molecule has 0 amide bonds. The van der Waals surface area contributed by atoms with Gasteiger partial charge in [-0.15, -0.1) is 0 Å². The summed E-state index contributed by atoms with van der Waals surface area (Å²) in [6.07, 6.45) is 0. The highest BCUT2D eigenvalue weighted by atomic mass is 79.9. The van der Waals surface area contributed by atoms with Crippen molar-refractivity contribution in [2.24, 2.45) is 0 Å². The van der Waals surface area contributed by atoms with E-state index in [1.54, 1.807) is 12.1 Å². The Bertz CT molecular complexity index is 371. The Morgan fingerprint density at radius 1 is 1.38 bits per heavy atom. The minimum Gasteiger partial charge on any atom is -0.478 e. The number of carboxylic acid groups (broad SMARTS) is 1. The van der Waals surface area contributed by atoms with Crippen molar-refractivity contribution in [3.8, 4) is 0 Å². The third-order valence-corrected chi connectivity index (χ3v) is 2.26. The van der Waals surface area contributed by atoms with Crippen molar-refractivity contribution in [1.82, 2.24) is 0 Å². The van der Waals surface area contributed by atoms with E-state index >= 15 is 0 Å². The molecule has 3 nitrogen and oxygen atoms in total. The van der Waals surface area contributed by atoms with Gasteiger partial charge in [0.05, 0.1) is 5.56 Å². The van der Waals surface area contributed by atoms with Crippen molar-refractivity contribution in [3.63, 3.8) is 0 Å². The number of carbonyl (C=O) groups excluding carboxylic acids is 1. The van der Waals surface area contributed by atoms with E-state index in [9.17, 15) is 9.59 Å². The van der Waals surface area contributed by atoms with Crippen LogP contribution in [-0.4, -0.2) is 16.9 Å². The van der Waals surface area contributed by atoms with Gasteiger partial charge in [0, 0.05) is 10.0 Å². The van der Waals surface area contributed by atoms with Crippen LogP contribution >= 0.6 is 15.9 Å². The first-order valence-electron chi connectivity index (χ1n) is 3.56. The molecule has 0 fully saturated rings. The molecule has 4 heteroatoms. The van der Waals surface area contributed by atoms with E-state index in [0.29, 0.717) is 4.47 Å². The molecule has 0 atom stereocenters. The minimum atomic E-state index is -1.09. The maximum Gasteiger partial charge on any atom is 0.336 e. The largest absolute Gasteiger partial charge is 0.478 e. The highest BCUT2D eigenvalue weighted by Crippen LogP contribution is 2.21. The number of carbonyl (C=O) groups is 2. The number of aromatic carboxylic acids is 1. The Balaban J connectivity index is 3.43. The zero-order chi connectivity index (χ0) is 10.0. The van der Waals surface area contributed by atoms with Crippen LogP contribution in [0.15, 0.2) is 22.7 Å². The molecule has 0 spiro atoms. The van der Waals surface area contributed by atoms with Crippen LogP contribution in [0.1, 0.15) is 27.6 Å². The molecule has 0 aliphatic carbocycles. The first kappa shape index (κ1) is 9.92. The van der Waals surface area contributed by atoms with Crippen LogP contribution in [0.25, 0.3) is 0 Å². The first-order chi connectivity index (χ1) is 6.04. The van der Waals surface area contributed by atoms with Gasteiger partial charge in [0.1, 0.15) is 0 Å². The molecule has 1 aromatic carbocycles. The van der Waals surface area contributed by atoms with Crippen LogP contribution in [-0.2, 0) is 0 Å². The number of halogens is 1. The van der Waals surface area contributed by atoms with E-state index in [0.717, 1.165) is 0 Å². The van der Waals surface area contributed by atoms with Gasteiger partial charge < -0.3 is 5.11 Å². The molecule has 0 aromatic heterocycles. The molecule has 1 aromatic rings. The van der Waals surface area contributed by atoms with Crippen LogP contribution < -0.4 is 0 Å². The molecule has 0 saturated carbocycles. The molecule has 0 aliphatic heterocycles. The fourth-order valence-corrected chi connectivity index (χ4v) is 1.71. The van der Waals surface area contributed by atoms with Crippen molar-refractivity contribution >= 4 is 27.7 Å². The second kappa shape index (κ2) is 3.70. The maximum atomic E-state index is 11.1. The van der Waals surface area contributed by atoms with Gasteiger partial charge in [-0.1, -0.05) is 22.0 Å². The molecule has 0 unspecified atom stereocenters. The van der Waals surface area contributed by atoms with Crippen molar-refractivity contribution in [3.05, 3.63) is 33.8 Å². The van der Waals surface area contributed by atoms with Crippen molar-refractivity contribution in [2.75, 3.05) is 0 Å². The third kappa shape index (κ3) is 1.95. The van der Waals surface area contributed by atoms with Crippen molar-refractivity contribution in [1.29, 1.82) is 0 Å². The second-order valence-corrected chi connectivity index (χ2v) is 3.38. The third-order valence-electron chi connectivity index (χ3n) is 1.60. The fraction of sp³-hybridized carbons (Fsp3) is 0.111. The fourth-order valence-electron chi connectivity index (χ4n) is 1.06. The van der Waals surface area contributed by atoms with E-state index in [2.05, 4.69) is 15.9 Å². The van der Waals surface area contributed by atoms with Crippen molar-refractivity contribution < 1.29 is 14.7 Å². The molecule has 0 heterocycles. The SMILES string of the molecule is CC(=O)c1c(Br)cccc1C(=O)O. The van der Waals surface area contributed by atoms with E-state index < -0.39 is 5.97 Å². The molecular weight excluding hydrogens is 236 g/mol. The zero-order valence-corrected chi connectivity index (χ0v) is 8.46. The Hall–Kier alpha value is -1.16. The van der Waals surface area contributed by atoms with Crippen LogP contribution in [0, 0.1) is 0 Å². The average molecular weight is 243 g/mol. The van der Waals surface area contributed by atoms with Gasteiger partial charge in [-0.3, -0.25) is 4.79 Å². The molecule has 13 heavy (non-hydrogen) atoms. The molecule has 1 rings (SSSR count). The molecule has 0 radical (unpaired) electrons. The van der Waals surface area contributed by atoms with Gasteiger partial charge in [0.2, 0.25) is 0 Å². The number of hydrogen-bond acceptors (Lipinski definition) is 2. The van der Waals surface area contributed by atoms with E-state index in [1.165, 1.54) is 13.0 Å². The predicted molar refractivity (Wildman–Crippen MR) is 51.1 cm³/mol. The van der Waals surface area contributed by atoms with Gasteiger partial charge in [-0.2, -0.15) is 0 Å². The smallest absolute Gasteiger partial charge is 0.336 e. The Morgan fingerprint density at radius 3 is 2.38 bits per heavy atom. The summed E-state index contributed by atoms with van der Waals surface area (Å²) in [4.78, 5) is 21.8. The van der Waals surface area contributed by atoms with E-state index in [-0.39, 0.29) is 16.9 Å². The Kier molecular flexibility index (Phi) is 2.83. The summed E-state index contributed by atoms with van der Waals surface area (Å²) in [5, 5.41) is 8.77. The second-order valence-electron chi connectivity index (χ2n) is 2.52. The van der Waals surface area contributed by atoms with E-state index in [1.807, 2.05) is 0 Å². The lowest BCUT2D eigenvalue weighted by Crippen LogP contribution is -2.06. The topological polar surface area (TPSA) is 54.4 Å². The summed E-state index contributed by atoms with van der Waals surface area (Å²) in [5.41, 5.74) is 0.247. The maximum absolute atomic E-state index is 11.1. The lowest BCUT2D eigenvalue weighted by molar-refractivity contribution is 0.0692. The number of hydrogen-bond donors (Lipinski definition) is 1. The predicted octanol–water partition coefficient (Wildman–Crippen LogP) is 2.35. The summed E-state index contributed by atoms with van der Waals surface area (Å²) in [6.45, 7) is 1.34. The van der Waals surface area contributed by atoms with Gasteiger partial charge in [0.15, 0.2) is 5.78 Å². The zero-order valence-electron chi connectivity index (χ0n) is 6.87. The summed E-state index contributed by atoms with van der Waals surface area (Å²) in [7, 11) is 0. The molecule has 0 aliphatic rings. The summed E-state index contributed by atoms with van der Waals surface area (Å²) >= 11 is 3.13. The summed E-state index contributed by atoms with van der Waals surface area (Å²) in [6, 6.07) is 4.63. The van der Waals surface area contributed by atoms with Crippen LogP contribution in [0.2, 0.25) is 0 Å². The molecule has 0 saturated heterocycles. The van der Waals surface area contributed by atoms with Gasteiger partial charge in [-0.25, -0.2) is 4.79 Å². The van der Waals surface area contributed by atoms with Gasteiger partial charge >= 0.3 is 5.97 Å². The number of benzene rings is 1. The Morgan fingerprint density at radius 2 is 2.00 bits per heavy atom. The lowest BCUT2D eigenvalue weighted by atomic mass is 10.0. The average Bonchev–Trinajstić information content (AvgIpc) is 2.02. The van der Waals surface area contributed by atoms with Crippen LogP contribution in [0.5, 0.6) is 0 Å². The number of carboxylic acids is 1. The number of ketones is 1. The first-order valence-corrected chi connectivity index (χ1v) is 4.36. The normalized spacial score (nSPS) is 9.69. The minimum absolute atomic E-state index is 0.0295. The van der Waals surface area contributed by atoms with Gasteiger partial charge in [0.25, 0.3) is 0 Å². The standard InChI is InChI=1S/C9H7BrO3/c1-5(11)8-6(9(12)13)3-2-4-7(8)10/h2-4H,1H3,(H,12,13). The van der Waals surface area contributed by atoms with Crippen LogP contribution in [0.4, 0.5) is 0 Å². The van der Waals surface area contributed by atoms with Gasteiger partial charge in [-0.05, 0) is 19.1 Å². The summed E-state index contributed by atoms with van der Waals surface area (Å²) in [5.74, 6) is -1.35. The molecule has 1 N–H and O–H groups in total. The summed E-state index contributed by atoms with van der Waals surface area (Å²) < 4.78 is 0.514. The lowest BCUT2D eigenvalue weighted by Gasteiger charge is -2.03. The highest BCUT2D eigenvalue weighted by Gasteiger charge is 2.15. The Labute approximate surface area is 83.5 Å². The highest BCUT2D eigenvalue weighted by molar-refractivity contribution is 9.10.